The number of rotatable bonds is 4. The number of pyridine rings is 1. The number of hydrogen-bond acceptors (Lipinski definition) is 5. The molecule has 0 unspecified atom stereocenters. The first-order valence-corrected chi connectivity index (χ1v) is 10.3. The number of hydrogen-bond donors (Lipinski definition) is 0. The van der Waals surface area contributed by atoms with Crippen LogP contribution in [0.5, 0.6) is 0 Å². The van der Waals surface area contributed by atoms with Crippen molar-refractivity contribution in [2.75, 3.05) is 13.1 Å². The SMILES string of the molecule is Cc1cnc(-c2cccnc2)nc1[C@@H]1CCCN(C(=O)/C=C/c2cccs2)C1. The van der Waals surface area contributed by atoms with Crippen LogP contribution in [0, 0.1) is 6.92 Å². The van der Waals surface area contributed by atoms with E-state index in [1.165, 1.54) is 0 Å². The second-order valence-corrected chi connectivity index (χ2v) is 7.95. The predicted octanol–water partition coefficient (Wildman–Crippen LogP) is 4.33. The summed E-state index contributed by atoms with van der Waals surface area (Å²) >= 11 is 1.63. The molecule has 4 rings (SSSR count). The molecule has 142 valence electrons. The van der Waals surface area contributed by atoms with Crippen LogP contribution < -0.4 is 0 Å². The first-order chi connectivity index (χ1) is 13.7. The number of carbonyl (C=O) groups is 1. The number of aryl methyl sites for hydroxylation is 1. The lowest BCUT2D eigenvalue weighted by Crippen LogP contribution is -2.38. The molecule has 0 saturated carbocycles. The number of thiophene rings is 1. The van der Waals surface area contributed by atoms with Gasteiger partial charge in [-0.25, -0.2) is 9.97 Å². The summed E-state index contributed by atoms with van der Waals surface area (Å²) in [5.41, 5.74) is 3.01. The smallest absolute Gasteiger partial charge is 0.246 e. The minimum absolute atomic E-state index is 0.0669. The van der Waals surface area contributed by atoms with Crippen molar-refractivity contribution in [3.8, 4) is 11.4 Å². The molecule has 1 atom stereocenters. The van der Waals surface area contributed by atoms with E-state index < -0.39 is 0 Å². The van der Waals surface area contributed by atoms with E-state index in [-0.39, 0.29) is 11.8 Å². The van der Waals surface area contributed by atoms with Gasteiger partial charge < -0.3 is 4.90 Å². The Hall–Kier alpha value is -2.86. The number of likely N-dealkylation sites (tertiary alicyclic amines) is 1. The molecule has 5 nitrogen and oxygen atoms in total. The molecule has 1 saturated heterocycles. The topological polar surface area (TPSA) is 59.0 Å². The maximum Gasteiger partial charge on any atom is 0.246 e. The largest absolute Gasteiger partial charge is 0.338 e. The summed E-state index contributed by atoms with van der Waals surface area (Å²) in [6.07, 6.45) is 11.0. The number of carbonyl (C=O) groups excluding carboxylic acids is 1. The van der Waals surface area contributed by atoms with Gasteiger partial charge in [0.05, 0.1) is 5.69 Å². The lowest BCUT2D eigenvalue weighted by Gasteiger charge is -2.32. The molecule has 1 amide bonds. The van der Waals surface area contributed by atoms with Crippen molar-refractivity contribution in [2.24, 2.45) is 0 Å². The fraction of sp³-hybridized carbons (Fsp3) is 0.273. The van der Waals surface area contributed by atoms with Crippen molar-refractivity contribution < 1.29 is 4.79 Å². The molecule has 0 aliphatic carbocycles. The second-order valence-electron chi connectivity index (χ2n) is 6.98. The quantitative estimate of drug-likeness (QED) is 0.622. The fourth-order valence-corrected chi connectivity index (χ4v) is 4.17. The third-order valence-corrected chi connectivity index (χ3v) is 5.82. The van der Waals surface area contributed by atoms with Gasteiger partial charge in [-0.15, -0.1) is 11.3 Å². The highest BCUT2D eigenvalue weighted by Crippen LogP contribution is 2.29. The Morgan fingerprint density at radius 2 is 2.21 bits per heavy atom. The van der Waals surface area contributed by atoms with E-state index in [1.54, 1.807) is 29.8 Å². The maximum absolute atomic E-state index is 12.6. The van der Waals surface area contributed by atoms with E-state index in [2.05, 4.69) is 9.97 Å². The summed E-state index contributed by atoms with van der Waals surface area (Å²) in [6.45, 7) is 3.53. The van der Waals surface area contributed by atoms with Gasteiger partial charge in [0, 0.05) is 54.1 Å². The molecular weight excluding hydrogens is 368 g/mol. The van der Waals surface area contributed by atoms with Crippen LogP contribution in [0.3, 0.4) is 0 Å². The van der Waals surface area contributed by atoms with Crippen LogP contribution in [-0.2, 0) is 4.79 Å². The van der Waals surface area contributed by atoms with Gasteiger partial charge in [0.15, 0.2) is 5.82 Å². The molecule has 0 radical (unpaired) electrons. The van der Waals surface area contributed by atoms with Crippen LogP contribution in [0.2, 0.25) is 0 Å². The van der Waals surface area contributed by atoms with Gasteiger partial charge in [-0.1, -0.05) is 6.07 Å². The molecule has 1 aliphatic heterocycles. The van der Waals surface area contributed by atoms with Crippen molar-refractivity contribution in [3.63, 3.8) is 0 Å². The molecule has 3 aromatic rings. The van der Waals surface area contributed by atoms with E-state index in [0.717, 1.165) is 41.1 Å². The van der Waals surface area contributed by atoms with E-state index in [9.17, 15) is 4.79 Å². The Morgan fingerprint density at radius 3 is 3.00 bits per heavy atom. The highest BCUT2D eigenvalue weighted by Gasteiger charge is 2.26. The minimum atomic E-state index is 0.0669. The average Bonchev–Trinajstić information content (AvgIpc) is 3.27. The molecule has 4 heterocycles. The Morgan fingerprint density at radius 1 is 1.29 bits per heavy atom. The normalized spacial score (nSPS) is 17.2. The molecule has 6 heteroatoms. The molecule has 28 heavy (non-hydrogen) atoms. The van der Waals surface area contributed by atoms with Crippen molar-refractivity contribution in [2.45, 2.75) is 25.7 Å². The third-order valence-electron chi connectivity index (χ3n) is 4.98. The predicted molar refractivity (Wildman–Crippen MR) is 112 cm³/mol. The van der Waals surface area contributed by atoms with Crippen LogP contribution in [-0.4, -0.2) is 38.8 Å². The Bertz CT molecular complexity index is 969. The molecule has 1 fully saturated rings. The summed E-state index contributed by atoms with van der Waals surface area (Å²) in [5, 5.41) is 2.01. The lowest BCUT2D eigenvalue weighted by molar-refractivity contribution is -0.127. The standard InChI is InChI=1S/C22H22N4OS/c1-16-13-24-22(17-5-2-10-23-14-17)25-21(16)18-6-3-11-26(15-18)20(27)9-8-19-7-4-12-28-19/h2,4-5,7-10,12-14,18H,3,6,11,15H2,1H3/b9-8+/t18-/m1/s1. The summed E-state index contributed by atoms with van der Waals surface area (Å²) < 4.78 is 0. The molecule has 3 aromatic heterocycles. The highest BCUT2D eigenvalue weighted by molar-refractivity contribution is 7.10. The van der Waals surface area contributed by atoms with Gasteiger partial charge in [-0.05, 0) is 55.0 Å². The number of aromatic nitrogens is 3. The lowest BCUT2D eigenvalue weighted by atomic mass is 9.92. The summed E-state index contributed by atoms with van der Waals surface area (Å²) in [4.78, 5) is 29.2. The maximum atomic E-state index is 12.6. The van der Waals surface area contributed by atoms with Crippen LogP contribution in [0.15, 0.2) is 54.3 Å². The molecule has 1 aliphatic rings. The van der Waals surface area contributed by atoms with E-state index >= 15 is 0 Å². The van der Waals surface area contributed by atoms with E-state index in [0.29, 0.717) is 12.4 Å². The zero-order valence-corrected chi connectivity index (χ0v) is 16.6. The third kappa shape index (κ3) is 4.17. The Balaban J connectivity index is 1.52. The summed E-state index contributed by atoms with van der Waals surface area (Å²) in [6, 6.07) is 7.85. The van der Waals surface area contributed by atoms with E-state index in [1.807, 2.05) is 53.7 Å². The Labute approximate surface area is 168 Å². The highest BCUT2D eigenvalue weighted by atomic mass is 32.1. The van der Waals surface area contributed by atoms with Crippen LogP contribution >= 0.6 is 11.3 Å². The molecule has 0 bridgehead atoms. The van der Waals surface area contributed by atoms with Crippen molar-refractivity contribution in [3.05, 3.63) is 70.4 Å². The minimum Gasteiger partial charge on any atom is -0.338 e. The van der Waals surface area contributed by atoms with Crippen molar-refractivity contribution in [1.29, 1.82) is 0 Å². The van der Waals surface area contributed by atoms with Gasteiger partial charge in [0.25, 0.3) is 0 Å². The molecular formula is C22H22N4OS. The zero-order valence-electron chi connectivity index (χ0n) is 15.8. The van der Waals surface area contributed by atoms with Crippen LogP contribution in [0.25, 0.3) is 17.5 Å². The van der Waals surface area contributed by atoms with Gasteiger partial charge in [0.2, 0.25) is 5.91 Å². The number of nitrogens with zero attached hydrogens (tertiary/aromatic N) is 4. The number of piperidine rings is 1. The van der Waals surface area contributed by atoms with Gasteiger partial charge in [0.1, 0.15) is 0 Å². The van der Waals surface area contributed by atoms with Crippen molar-refractivity contribution >= 4 is 23.3 Å². The average molecular weight is 391 g/mol. The first kappa shape index (κ1) is 18.5. The van der Waals surface area contributed by atoms with E-state index in [4.69, 9.17) is 4.98 Å². The number of amides is 1. The summed E-state index contributed by atoms with van der Waals surface area (Å²) in [7, 11) is 0. The van der Waals surface area contributed by atoms with Crippen LogP contribution in [0.1, 0.15) is 34.9 Å². The van der Waals surface area contributed by atoms with Gasteiger partial charge in [-0.3, -0.25) is 9.78 Å². The second kappa shape index (κ2) is 8.44. The van der Waals surface area contributed by atoms with Crippen molar-refractivity contribution in [1.82, 2.24) is 19.9 Å². The molecule has 0 spiro atoms. The van der Waals surface area contributed by atoms with Crippen LogP contribution in [0.4, 0.5) is 0 Å². The zero-order chi connectivity index (χ0) is 19.3. The first-order valence-electron chi connectivity index (χ1n) is 9.45. The molecule has 0 N–H and O–H groups in total. The Kier molecular flexibility index (Phi) is 5.58. The molecule has 0 aromatic carbocycles. The summed E-state index contributed by atoms with van der Waals surface area (Å²) in [5.74, 6) is 0.985. The van der Waals surface area contributed by atoms with Gasteiger partial charge in [-0.2, -0.15) is 0 Å². The fourth-order valence-electron chi connectivity index (χ4n) is 3.55. The van der Waals surface area contributed by atoms with Gasteiger partial charge >= 0.3 is 0 Å². The monoisotopic (exact) mass is 390 g/mol.